The summed E-state index contributed by atoms with van der Waals surface area (Å²) >= 11 is 9.21. The molecule has 0 heterocycles. The van der Waals surface area contributed by atoms with E-state index in [1.54, 1.807) is 32.2 Å². The zero-order valence-electron chi connectivity index (χ0n) is 12.1. The van der Waals surface area contributed by atoms with Gasteiger partial charge >= 0.3 is 0 Å². The number of hydrogen-bond donors (Lipinski definition) is 2. The van der Waals surface area contributed by atoms with Crippen LogP contribution >= 0.6 is 27.5 Å². The lowest BCUT2D eigenvalue weighted by Gasteiger charge is -2.16. The molecule has 118 valence electrons. The molecule has 1 unspecified atom stereocenters. The van der Waals surface area contributed by atoms with E-state index in [1.807, 2.05) is 0 Å². The molecule has 0 radical (unpaired) electrons. The van der Waals surface area contributed by atoms with Crippen LogP contribution in [0.15, 0.2) is 22.7 Å². The summed E-state index contributed by atoms with van der Waals surface area (Å²) in [6.45, 7) is 4.34. The lowest BCUT2D eigenvalue weighted by Crippen LogP contribution is -2.40. The van der Waals surface area contributed by atoms with Crippen molar-refractivity contribution in [2.45, 2.75) is 13.0 Å². The smallest absolute Gasteiger partial charge is 0.260 e. The third-order valence-electron chi connectivity index (χ3n) is 2.65. The third kappa shape index (κ3) is 7.13. The first-order valence-corrected chi connectivity index (χ1v) is 7.80. The summed E-state index contributed by atoms with van der Waals surface area (Å²) in [5.74, 6) is 0.422. The van der Waals surface area contributed by atoms with Crippen LogP contribution in [0, 0.1) is 0 Å². The van der Waals surface area contributed by atoms with Gasteiger partial charge in [-0.1, -0.05) is 11.6 Å². The first kappa shape index (κ1) is 18.2. The summed E-state index contributed by atoms with van der Waals surface area (Å²) in [6.07, 6.45) is -0.582. The van der Waals surface area contributed by atoms with Crippen LogP contribution in [0.4, 0.5) is 0 Å². The summed E-state index contributed by atoms with van der Waals surface area (Å²) in [5, 5.41) is 6.55. The molecular formula is C14H20BrClN2O3. The number of hydrogen-bond acceptors (Lipinski definition) is 4. The van der Waals surface area contributed by atoms with E-state index in [1.165, 1.54) is 0 Å². The molecule has 0 aliphatic rings. The molecule has 0 bridgehead atoms. The van der Waals surface area contributed by atoms with Gasteiger partial charge in [0, 0.05) is 31.8 Å². The zero-order chi connectivity index (χ0) is 15.7. The first-order chi connectivity index (χ1) is 10.0. The predicted octanol–water partition coefficient (Wildman–Crippen LogP) is 2.22. The highest BCUT2D eigenvalue weighted by Gasteiger charge is 2.15. The van der Waals surface area contributed by atoms with E-state index in [2.05, 4.69) is 26.6 Å². The third-order valence-corrected chi connectivity index (χ3v) is 3.51. The molecule has 0 aliphatic heterocycles. The van der Waals surface area contributed by atoms with Crippen molar-refractivity contribution in [2.75, 3.05) is 33.4 Å². The fourth-order valence-electron chi connectivity index (χ4n) is 1.53. The standard InChI is InChI=1S/C14H20BrClN2O3/c1-10(14(19)18-6-5-17-7-8-20-2)21-13-4-3-11(16)9-12(13)15/h3-4,9-10,17H,5-8H2,1-2H3,(H,18,19). The Bertz CT molecular complexity index is 460. The molecule has 0 spiro atoms. The van der Waals surface area contributed by atoms with Crippen molar-refractivity contribution in [3.05, 3.63) is 27.7 Å². The van der Waals surface area contributed by atoms with E-state index in [-0.39, 0.29) is 5.91 Å². The van der Waals surface area contributed by atoms with Gasteiger partial charge in [0.05, 0.1) is 11.1 Å². The Morgan fingerprint density at radius 2 is 2.14 bits per heavy atom. The van der Waals surface area contributed by atoms with Gasteiger partial charge in [-0.2, -0.15) is 0 Å². The van der Waals surface area contributed by atoms with Crippen LogP contribution in [0.1, 0.15) is 6.92 Å². The van der Waals surface area contributed by atoms with Crippen LogP contribution in [-0.4, -0.2) is 45.4 Å². The number of benzene rings is 1. The van der Waals surface area contributed by atoms with Crippen LogP contribution in [0.3, 0.4) is 0 Å². The molecule has 0 aliphatic carbocycles. The minimum absolute atomic E-state index is 0.162. The quantitative estimate of drug-likeness (QED) is 0.646. The maximum absolute atomic E-state index is 11.9. The number of carbonyl (C=O) groups is 1. The van der Waals surface area contributed by atoms with Crippen molar-refractivity contribution in [3.8, 4) is 5.75 Å². The van der Waals surface area contributed by atoms with Gasteiger partial charge in [-0.15, -0.1) is 0 Å². The molecule has 0 saturated heterocycles. The molecule has 5 nitrogen and oxygen atoms in total. The predicted molar refractivity (Wildman–Crippen MR) is 87.0 cm³/mol. The van der Waals surface area contributed by atoms with Crippen molar-refractivity contribution in [3.63, 3.8) is 0 Å². The molecular weight excluding hydrogens is 360 g/mol. The van der Waals surface area contributed by atoms with Gasteiger partial charge in [0.15, 0.2) is 6.10 Å². The molecule has 0 aromatic heterocycles. The van der Waals surface area contributed by atoms with Crippen molar-refractivity contribution in [2.24, 2.45) is 0 Å². The Morgan fingerprint density at radius 1 is 1.38 bits per heavy atom. The molecule has 0 saturated carbocycles. The maximum atomic E-state index is 11.9. The fraction of sp³-hybridized carbons (Fsp3) is 0.500. The average molecular weight is 380 g/mol. The van der Waals surface area contributed by atoms with Crippen LogP contribution in [0.5, 0.6) is 5.75 Å². The van der Waals surface area contributed by atoms with Crippen molar-refractivity contribution < 1.29 is 14.3 Å². The van der Waals surface area contributed by atoms with E-state index in [9.17, 15) is 4.79 Å². The Morgan fingerprint density at radius 3 is 2.81 bits per heavy atom. The first-order valence-electron chi connectivity index (χ1n) is 6.63. The summed E-state index contributed by atoms with van der Waals surface area (Å²) in [6, 6.07) is 5.16. The monoisotopic (exact) mass is 378 g/mol. The molecule has 1 rings (SSSR count). The minimum Gasteiger partial charge on any atom is -0.480 e. The van der Waals surface area contributed by atoms with Gasteiger partial charge < -0.3 is 20.1 Å². The van der Waals surface area contributed by atoms with Gasteiger partial charge in [0.2, 0.25) is 0 Å². The van der Waals surface area contributed by atoms with Crippen molar-refractivity contribution in [1.82, 2.24) is 10.6 Å². The van der Waals surface area contributed by atoms with Gasteiger partial charge in [-0.05, 0) is 41.1 Å². The lowest BCUT2D eigenvalue weighted by molar-refractivity contribution is -0.127. The number of amides is 1. The topological polar surface area (TPSA) is 59.6 Å². The van der Waals surface area contributed by atoms with Crippen LogP contribution < -0.4 is 15.4 Å². The highest BCUT2D eigenvalue weighted by atomic mass is 79.9. The highest BCUT2D eigenvalue weighted by Crippen LogP contribution is 2.28. The van der Waals surface area contributed by atoms with Crippen LogP contribution in [0.2, 0.25) is 5.02 Å². The Balaban J connectivity index is 2.30. The maximum Gasteiger partial charge on any atom is 0.260 e. The van der Waals surface area contributed by atoms with Crippen molar-refractivity contribution in [1.29, 1.82) is 0 Å². The van der Waals surface area contributed by atoms with E-state index < -0.39 is 6.10 Å². The number of ether oxygens (including phenoxy) is 2. The highest BCUT2D eigenvalue weighted by molar-refractivity contribution is 9.10. The summed E-state index contributed by atoms with van der Waals surface area (Å²) in [5.41, 5.74) is 0. The summed E-state index contributed by atoms with van der Waals surface area (Å²) in [7, 11) is 1.65. The van der Waals surface area contributed by atoms with E-state index in [4.69, 9.17) is 21.1 Å². The molecule has 0 fully saturated rings. The summed E-state index contributed by atoms with van der Waals surface area (Å²) in [4.78, 5) is 11.9. The van der Waals surface area contributed by atoms with Crippen molar-refractivity contribution >= 4 is 33.4 Å². The Labute approximate surface area is 138 Å². The number of nitrogens with one attached hydrogen (secondary N) is 2. The second kappa shape index (κ2) is 10.00. The number of rotatable bonds is 9. The van der Waals surface area contributed by atoms with Crippen LogP contribution in [-0.2, 0) is 9.53 Å². The second-order valence-electron chi connectivity index (χ2n) is 4.37. The van der Waals surface area contributed by atoms with Crippen LogP contribution in [0.25, 0.3) is 0 Å². The lowest BCUT2D eigenvalue weighted by atomic mass is 10.3. The zero-order valence-corrected chi connectivity index (χ0v) is 14.5. The summed E-state index contributed by atoms with van der Waals surface area (Å²) < 4.78 is 11.2. The van der Waals surface area contributed by atoms with Gasteiger partial charge in [-0.3, -0.25) is 4.79 Å². The van der Waals surface area contributed by atoms with Gasteiger partial charge in [0.25, 0.3) is 5.91 Å². The molecule has 1 aromatic carbocycles. The largest absolute Gasteiger partial charge is 0.480 e. The SMILES string of the molecule is COCCNCCNC(=O)C(C)Oc1ccc(Cl)cc1Br. The normalized spacial score (nSPS) is 12.0. The average Bonchev–Trinajstić information content (AvgIpc) is 2.45. The van der Waals surface area contributed by atoms with E-state index >= 15 is 0 Å². The molecule has 1 amide bonds. The molecule has 1 aromatic rings. The Kier molecular flexibility index (Phi) is 8.68. The Hall–Kier alpha value is -0.820. The molecule has 21 heavy (non-hydrogen) atoms. The molecule has 2 N–H and O–H groups in total. The number of halogens is 2. The van der Waals surface area contributed by atoms with Gasteiger partial charge in [0.1, 0.15) is 5.75 Å². The fourth-order valence-corrected chi connectivity index (χ4v) is 2.31. The molecule has 7 heteroatoms. The minimum atomic E-state index is -0.582. The van der Waals surface area contributed by atoms with E-state index in [0.29, 0.717) is 30.5 Å². The number of carbonyl (C=O) groups excluding carboxylic acids is 1. The molecule has 1 atom stereocenters. The second-order valence-corrected chi connectivity index (χ2v) is 5.66. The van der Waals surface area contributed by atoms with E-state index in [0.717, 1.165) is 11.0 Å². The number of methoxy groups -OCH3 is 1. The van der Waals surface area contributed by atoms with Gasteiger partial charge in [-0.25, -0.2) is 0 Å².